The first-order valence-electron chi connectivity index (χ1n) is 39.2. The van der Waals surface area contributed by atoms with E-state index < -0.39 is 83.8 Å². The molecule has 0 saturated carbocycles. The number of ketones is 1. The predicted molar refractivity (Wildman–Crippen MR) is 382 cm³/mol. The summed E-state index contributed by atoms with van der Waals surface area (Å²) in [6, 6.07) is 0. The van der Waals surface area contributed by atoms with Crippen molar-refractivity contribution >= 4 is 47.2 Å². The molecule has 6 saturated heterocycles. The van der Waals surface area contributed by atoms with E-state index in [1.165, 1.54) is 0 Å². The van der Waals surface area contributed by atoms with E-state index in [9.17, 15) is 69.0 Å². The van der Waals surface area contributed by atoms with Crippen molar-refractivity contribution in [3.63, 3.8) is 0 Å². The van der Waals surface area contributed by atoms with Crippen LogP contribution in [0.3, 0.4) is 0 Å². The van der Waals surface area contributed by atoms with Gasteiger partial charge in [-0.15, -0.1) is 0 Å². The minimum absolute atomic E-state index is 0.0350. The van der Waals surface area contributed by atoms with Crippen LogP contribution >= 0.6 is 0 Å². The lowest BCUT2D eigenvalue weighted by molar-refractivity contribution is -0.248. The second kappa shape index (κ2) is 48.9. The van der Waals surface area contributed by atoms with Crippen LogP contribution < -0.4 is 31.9 Å². The molecule has 0 spiro atoms. The van der Waals surface area contributed by atoms with Crippen LogP contribution in [0.25, 0.3) is 0 Å². The number of carbonyl (C=O) groups is 8. The molecule has 6 amide bonds. The smallest absolute Gasteiger partial charge is 0.303 e. The predicted octanol–water partition coefficient (Wildman–Crippen LogP) is 1.16. The number of nitrogens with one attached hydrogen (secondary N) is 6. The molecule has 15 atom stereocenters. The number of hydrogen-bond acceptors (Lipinski definition) is 26. The first-order valence-corrected chi connectivity index (χ1v) is 39.2. The van der Waals surface area contributed by atoms with E-state index in [4.69, 9.17) is 61.9 Å². The van der Waals surface area contributed by atoms with Crippen molar-refractivity contribution < 1.29 is 131 Å². The Hall–Kier alpha value is -4.76. The van der Waals surface area contributed by atoms with Gasteiger partial charge in [0.05, 0.1) is 97.6 Å². The molecule has 0 unspecified atom stereocenters. The van der Waals surface area contributed by atoms with Gasteiger partial charge in [0.2, 0.25) is 35.4 Å². The molecule has 13 N–H and O–H groups in total. The number of carboxylic acid groups (broad SMARTS) is 1. The number of carbonyl (C=O) groups excluding carboxylic acids is 7. The quantitative estimate of drug-likeness (QED) is 0.0380. The summed E-state index contributed by atoms with van der Waals surface area (Å²) in [7, 11) is 0. The topological polar surface area (TPSA) is 461 Å². The maximum Gasteiger partial charge on any atom is 0.303 e. The number of fused-ring (bicyclic) bond motifs is 6. The fourth-order valence-electron chi connectivity index (χ4n) is 13.7. The molecule has 107 heavy (non-hydrogen) atoms. The van der Waals surface area contributed by atoms with Crippen molar-refractivity contribution in [1.82, 2.24) is 31.9 Å². The molecule has 6 bridgehead atoms. The van der Waals surface area contributed by atoms with Crippen molar-refractivity contribution in [3.8, 4) is 0 Å². The first kappa shape index (κ1) is 91.1. The van der Waals surface area contributed by atoms with Crippen LogP contribution in [0.15, 0.2) is 0 Å². The maximum atomic E-state index is 13.9. The van der Waals surface area contributed by atoms with Gasteiger partial charge in [0.25, 0.3) is 0 Å². The average molecular weight is 1530 g/mol. The largest absolute Gasteiger partial charge is 0.481 e. The molecule has 33 nitrogen and oxygen atoms in total. The van der Waals surface area contributed by atoms with E-state index in [1.807, 2.05) is 0 Å². The molecule has 0 radical (unpaired) electrons. The fraction of sp³-hybridized carbons (Fsp3) is 0.892. The highest BCUT2D eigenvalue weighted by molar-refractivity contribution is 5.79. The molecule has 33 heteroatoms. The zero-order chi connectivity index (χ0) is 77.5. The maximum absolute atomic E-state index is 13.9. The highest BCUT2D eigenvalue weighted by atomic mass is 16.8. The number of hydrogen-bond donors (Lipinski definition) is 13. The molecule has 6 heterocycles. The number of unbranched alkanes of at least 4 members (excludes halogenated alkanes) is 11. The molecule has 6 aliphatic heterocycles. The van der Waals surface area contributed by atoms with Crippen LogP contribution in [-0.4, -0.2) is 293 Å². The molecule has 0 aromatic heterocycles. The van der Waals surface area contributed by atoms with Crippen LogP contribution in [0, 0.1) is 17.8 Å². The number of aliphatic hydroxyl groups excluding tert-OH is 6. The van der Waals surface area contributed by atoms with Gasteiger partial charge in [-0.3, -0.25) is 38.4 Å². The van der Waals surface area contributed by atoms with Crippen molar-refractivity contribution in [3.05, 3.63) is 0 Å². The Morgan fingerprint density at radius 3 is 0.991 bits per heavy atom. The Morgan fingerprint density at radius 2 is 0.636 bits per heavy atom. The third kappa shape index (κ3) is 31.4. The summed E-state index contributed by atoms with van der Waals surface area (Å²) in [6.45, 7) is 7.52. The van der Waals surface area contributed by atoms with Gasteiger partial charge in [0, 0.05) is 128 Å². The summed E-state index contributed by atoms with van der Waals surface area (Å²) in [4.78, 5) is 102. The minimum atomic E-state index is -1.35. The van der Waals surface area contributed by atoms with Crippen molar-refractivity contribution in [1.29, 1.82) is 0 Å². The van der Waals surface area contributed by atoms with E-state index in [-0.39, 0.29) is 196 Å². The molecular weight excluding hydrogens is 1400 g/mol. The van der Waals surface area contributed by atoms with Gasteiger partial charge in [-0.2, -0.15) is 0 Å². The molecule has 616 valence electrons. The number of amides is 6. The third-order valence-corrected chi connectivity index (χ3v) is 20.6. The summed E-state index contributed by atoms with van der Waals surface area (Å²) in [6.07, 6.45) is 5.23. The monoisotopic (exact) mass is 1530 g/mol. The Bertz CT molecular complexity index is 2420. The lowest BCUT2D eigenvalue weighted by atomic mass is 9.86. The Balaban J connectivity index is 0.906. The highest BCUT2D eigenvalue weighted by Gasteiger charge is 2.60. The summed E-state index contributed by atoms with van der Waals surface area (Å²) < 4.78 is 70.1. The zero-order valence-electron chi connectivity index (χ0n) is 63.5. The van der Waals surface area contributed by atoms with Crippen LogP contribution in [0.2, 0.25) is 0 Å². The molecule has 0 aliphatic carbocycles. The van der Waals surface area contributed by atoms with Gasteiger partial charge in [-0.25, -0.2) is 0 Å². The van der Waals surface area contributed by atoms with E-state index in [0.717, 1.165) is 38.5 Å². The van der Waals surface area contributed by atoms with Gasteiger partial charge in [0.15, 0.2) is 18.9 Å². The van der Waals surface area contributed by atoms with Gasteiger partial charge >= 0.3 is 5.97 Å². The molecule has 0 aromatic carbocycles. The Labute approximate surface area is 629 Å². The number of ether oxygens (including phenoxy) is 12. The summed E-state index contributed by atoms with van der Waals surface area (Å²) in [5.74, 6) is -3.38. The zero-order valence-corrected chi connectivity index (χ0v) is 63.5. The van der Waals surface area contributed by atoms with Gasteiger partial charge in [-0.05, 0) is 77.0 Å². The second-order valence-electron chi connectivity index (χ2n) is 29.9. The summed E-state index contributed by atoms with van der Waals surface area (Å²) in [5.41, 5.74) is -4.73. The summed E-state index contributed by atoms with van der Waals surface area (Å²) >= 11 is 0. The number of carboxylic acids is 1. The average Bonchev–Trinajstić information content (AvgIpc) is 1.64. The van der Waals surface area contributed by atoms with E-state index in [0.29, 0.717) is 129 Å². The molecule has 6 fully saturated rings. The third-order valence-electron chi connectivity index (χ3n) is 20.6. The van der Waals surface area contributed by atoms with Gasteiger partial charge < -0.3 is 124 Å². The Kier molecular flexibility index (Phi) is 41.6. The van der Waals surface area contributed by atoms with E-state index in [2.05, 4.69) is 31.9 Å². The molecular formula is C74H128N6O27. The Morgan fingerprint density at radius 1 is 0.346 bits per heavy atom. The lowest BCUT2D eigenvalue weighted by Crippen LogP contribution is -2.60. The van der Waals surface area contributed by atoms with Crippen LogP contribution in [0.1, 0.15) is 194 Å². The van der Waals surface area contributed by atoms with Gasteiger partial charge in [0.1, 0.15) is 46.4 Å². The van der Waals surface area contributed by atoms with Crippen molar-refractivity contribution in [2.75, 3.05) is 132 Å². The molecule has 0 aromatic rings. The second-order valence-corrected chi connectivity index (χ2v) is 29.9. The molecule has 6 aliphatic rings. The summed E-state index contributed by atoms with van der Waals surface area (Å²) in [5, 5.41) is 89.4. The van der Waals surface area contributed by atoms with E-state index in [1.54, 1.807) is 20.8 Å². The lowest BCUT2D eigenvalue weighted by Gasteiger charge is -2.41. The highest BCUT2D eigenvalue weighted by Crippen LogP contribution is 2.42. The standard InChI is InChI=1S/C74H128N6O27/c1-51-62(90)65(93)72(48-102-68(51)105-72)45-96-36-17-13-23-54(81)22-12-16-31-75-57(84)28-39-99-42-71(80-60(87)26-10-8-6-4-5-7-9-11-27-61(88)89,43-100-40-29-58(85)78-34-20-32-76-55(82)24-14-18-37-97-46-73-49-103-69(106-73)52(2)63(91)66(73)94)44-101-41-30-59(86)79-35-21-33-77-56(83)25-15-19-38-98-47-74-50-104-70(107-74)53(3)64(92)67(74)95/h51-53,62-70,90-95H,4-50H2,1-3H3,(H,75,84)(H,76,82)(H,77,83)(H,78,85)(H,79,86)(H,80,87)(H,88,89)/t51-,52-,53-,62-,63-,64-,65-,66-,67-,68+,69+,70+,72+,73+,74+/m1/s1. The minimum Gasteiger partial charge on any atom is -0.481 e. The van der Waals surface area contributed by atoms with Crippen molar-refractivity contribution in [2.24, 2.45) is 17.8 Å². The number of aliphatic hydroxyl groups is 6. The van der Waals surface area contributed by atoms with Crippen LogP contribution in [-0.2, 0) is 95.2 Å². The van der Waals surface area contributed by atoms with Gasteiger partial charge in [-0.1, -0.05) is 59.3 Å². The normalized spacial score (nSPS) is 27.8. The first-order chi connectivity index (χ1) is 51.4. The van der Waals surface area contributed by atoms with E-state index >= 15 is 0 Å². The number of rotatable bonds is 61. The number of aliphatic carboxylic acids is 1. The SMILES string of the molecule is C[C@H]1[C@H]2OC[C@](COCCCCC(=O)CCCCNC(=O)CCOCC(COCCC(=O)NCCCNC(=O)CCCCOC[C@@]34CO[C@@H](O3)[C@H](C)[C@@H](O)[C@H]4O)(COCCC(=O)NCCCNC(=O)CCCCOC[C@@]34CO[C@@H](O3)[C@H](C)[C@@H](O)[C@H]4O)NC(=O)CCCCCCCCCCC(=O)O)(O2)[C@H](O)[C@@H]1O. The van der Waals surface area contributed by atoms with Crippen LogP contribution in [0.5, 0.6) is 0 Å². The fourth-order valence-corrected chi connectivity index (χ4v) is 13.7. The van der Waals surface area contributed by atoms with Crippen LogP contribution in [0.4, 0.5) is 0 Å². The number of Topliss-reactive ketones (excluding diaryl/α,β-unsaturated/α-hetero) is 1. The van der Waals surface area contributed by atoms with Crippen molar-refractivity contribution in [2.45, 2.75) is 272 Å². The molecule has 6 rings (SSSR count).